The fourth-order valence-electron chi connectivity index (χ4n) is 0.635. The normalized spacial score (nSPS) is 7.91. The van der Waals surface area contributed by atoms with Crippen molar-refractivity contribution in [1.29, 1.82) is 5.26 Å². The Balaban J connectivity index is 0.000001000. The van der Waals surface area contributed by atoms with E-state index in [1.165, 1.54) is 0 Å². The molecule has 0 atom stereocenters. The molecule has 1 aromatic carbocycles. The van der Waals surface area contributed by atoms with Crippen LogP contribution in [0.1, 0.15) is 5.56 Å². The molecule has 0 aliphatic carbocycles. The minimum atomic E-state index is 0. The van der Waals surface area contributed by atoms with Gasteiger partial charge in [-0.1, -0.05) is 6.07 Å². The molecule has 1 rings (SSSR count). The number of nitrogens with zero attached hydrogens (tertiary/aromatic N) is 1. The van der Waals surface area contributed by atoms with E-state index >= 15 is 0 Å². The van der Waals surface area contributed by atoms with Crippen molar-refractivity contribution in [3.63, 3.8) is 0 Å². The van der Waals surface area contributed by atoms with Crippen LogP contribution in [0.5, 0.6) is 0 Å². The first-order chi connectivity index (χ1) is 4.74. The maximum atomic E-state index is 8.47. The number of rotatable bonds is 0. The summed E-state index contributed by atoms with van der Waals surface area (Å²) in [7, 11) is 0. The van der Waals surface area contributed by atoms with Gasteiger partial charge in [0.2, 0.25) is 0 Å². The molecule has 0 radical (unpaired) electrons. The third-order valence-electron chi connectivity index (χ3n) is 1.12. The Bertz CT molecular complexity index is 293. The fraction of sp³-hybridized carbons (Fsp3) is 0. The van der Waals surface area contributed by atoms with Crippen LogP contribution in [0.15, 0.2) is 23.1 Å². The van der Waals surface area contributed by atoms with Gasteiger partial charge in [0, 0.05) is 11.3 Å². The molecule has 1 aromatic rings. The summed E-state index contributed by atoms with van der Waals surface area (Å²) in [6.45, 7) is 0. The average Bonchev–Trinajstić information content (AvgIpc) is 1.94. The van der Waals surface area contributed by atoms with E-state index in [1.54, 1.807) is 18.2 Å². The first kappa shape index (κ1) is 11.5. The van der Waals surface area contributed by atoms with Gasteiger partial charge in [-0.15, -0.1) is 0 Å². The van der Waals surface area contributed by atoms with Gasteiger partial charge in [0.05, 0.1) is 6.07 Å². The SMILES string of the molecule is N#Cc1cc(N)ccc1[S-].[Rb+]. The molecular weight excluding hydrogens is 230 g/mol. The molecule has 0 aromatic heterocycles. The third kappa shape index (κ3) is 3.18. The first-order valence-electron chi connectivity index (χ1n) is 2.70. The molecule has 4 heteroatoms. The fourth-order valence-corrected chi connectivity index (χ4v) is 0.808. The van der Waals surface area contributed by atoms with Crippen LogP contribution in [0.4, 0.5) is 5.69 Å². The quantitative estimate of drug-likeness (QED) is 0.419. The van der Waals surface area contributed by atoms with Gasteiger partial charge in [-0.25, -0.2) is 0 Å². The predicted octanol–water partition coefficient (Wildman–Crippen LogP) is -1.95. The molecule has 0 spiro atoms. The molecule has 0 unspecified atom stereocenters. The van der Waals surface area contributed by atoms with E-state index in [1.807, 2.05) is 6.07 Å². The molecule has 0 saturated heterocycles. The molecule has 0 bridgehead atoms. The summed E-state index contributed by atoms with van der Waals surface area (Å²) in [6, 6.07) is 6.86. The van der Waals surface area contributed by atoms with Crippen molar-refractivity contribution in [2.24, 2.45) is 0 Å². The van der Waals surface area contributed by atoms with Crippen molar-refractivity contribution in [3.05, 3.63) is 23.8 Å². The van der Waals surface area contributed by atoms with Gasteiger partial charge < -0.3 is 18.4 Å². The maximum Gasteiger partial charge on any atom is 1.00 e. The number of benzene rings is 1. The number of nitrogens with two attached hydrogens (primary N) is 1. The number of hydrogen-bond acceptors (Lipinski definition) is 3. The zero-order valence-electron chi connectivity index (χ0n) is 6.16. The molecule has 2 N–H and O–H groups in total. The Labute approximate surface area is 120 Å². The van der Waals surface area contributed by atoms with Gasteiger partial charge in [0.15, 0.2) is 0 Å². The van der Waals surface area contributed by atoms with Crippen LogP contribution >= 0.6 is 0 Å². The van der Waals surface area contributed by atoms with Gasteiger partial charge >= 0.3 is 58.2 Å². The molecule has 0 heterocycles. The Morgan fingerprint density at radius 1 is 1.45 bits per heavy atom. The van der Waals surface area contributed by atoms with Crippen LogP contribution in [0.3, 0.4) is 0 Å². The monoisotopic (exact) mass is 234 g/mol. The van der Waals surface area contributed by atoms with Gasteiger partial charge in [0.1, 0.15) is 0 Å². The van der Waals surface area contributed by atoms with Gasteiger partial charge in [0.25, 0.3) is 0 Å². The molecule has 0 aliphatic rings. The van der Waals surface area contributed by atoms with Gasteiger partial charge in [-0.05, 0) is 12.1 Å². The third-order valence-corrected chi connectivity index (χ3v) is 1.48. The largest absolute Gasteiger partial charge is 1.00 e. The van der Waals surface area contributed by atoms with Crippen molar-refractivity contribution in [2.45, 2.75) is 4.90 Å². The van der Waals surface area contributed by atoms with Gasteiger partial charge in [-0.2, -0.15) is 10.2 Å². The molecular formula is C7H5N2RbS. The smallest absolute Gasteiger partial charge is 0.778 e. The topological polar surface area (TPSA) is 49.8 Å². The molecule has 11 heavy (non-hydrogen) atoms. The molecule has 0 aliphatic heterocycles. The summed E-state index contributed by atoms with van der Waals surface area (Å²) in [5.41, 5.74) is 6.45. The van der Waals surface area contributed by atoms with E-state index < -0.39 is 0 Å². The van der Waals surface area contributed by atoms with E-state index in [4.69, 9.17) is 23.6 Å². The predicted molar refractivity (Wildman–Crippen MR) is 41.2 cm³/mol. The van der Waals surface area contributed by atoms with E-state index in [2.05, 4.69) is 0 Å². The van der Waals surface area contributed by atoms with Crippen LogP contribution < -0.4 is 63.9 Å². The summed E-state index contributed by atoms with van der Waals surface area (Å²) < 4.78 is 0. The second kappa shape index (κ2) is 5.23. The van der Waals surface area contributed by atoms with Crippen molar-refractivity contribution in [2.75, 3.05) is 5.73 Å². The molecule has 0 fully saturated rings. The molecule has 0 saturated carbocycles. The van der Waals surface area contributed by atoms with Crippen LogP contribution in [0.2, 0.25) is 0 Å². The minimum absolute atomic E-state index is 0. The van der Waals surface area contributed by atoms with Crippen LogP contribution in [-0.2, 0) is 12.6 Å². The van der Waals surface area contributed by atoms with Crippen molar-refractivity contribution in [1.82, 2.24) is 0 Å². The number of nitrogen functional groups attached to an aromatic ring is 1. The average molecular weight is 235 g/mol. The molecule has 2 nitrogen and oxygen atoms in total. The van der Waals surface area contributed by atoms with Crippen molar-refractivity contribution < 1.29 is 58.2 Å². The minimum Gasteiger partial charge on any atom is -0.778 e. The van der Waals surface area contributed by atoms with E-state index in [0.717, 1.165) is 0 Å². The van der Waals surface area contributed by atoms with E-state index in [0.29, 0.717) is 16.1 Å². The Hall–Kier alpha value is 0.535. The number of hydrogen-bond donors (Lipinski definition) is 1. The zero-order chi connectivity index (χ0) is 7.56. The Morgan fingerprint density at radius 2 is 2.09 bits per heavy atom. The summed E-state index contributed by atoms with van der Waals surface area (Å²) in [5.74, 6) is 0. The van der Waals surface area contributed by atoms with Crippen molar-refractivity contribution in [3.8, 4) is 6.07 Å². The maximum absolute atomic E-state index is 8.47. The van der Waals surface area contributed by atoms with Crippen LogP contribution in [-0.4, -0.2) is 0 Å². The zero-order valence-corrected chi connectivity index (χ0v) is 11.9. The number of anilines is 1. The second-order valence-corrected chi connectivity index (χ2v) is 2.31. The van der Waals surface area contributed by atoms with E-state index in [9.17, 15) is 0 Å². The first-order valence-corrected chi connectivity index (χ1v) is 3.11. The molecule has 0 amide bonds. The summed E-state index contributed by atoms with van der Waals surface area (Å²) in [6.07, 6.45) is 0. The summed E-state index contributed by atoms with van der Waals surface area (Å²) >= 11 is 4.83. The van der Waals surface area contributed by atoms with E-state index in [-0.39, 0.29) is 58.2 Å². The second-order valence-electron chi connectivity index (χ2n) is 1.87. The van der Waals surface area contributed by atoms with Crippen LogP contribution in [0.25, 0.3) is 0 Å². The Kier molecular flexibility index (Phi) is 5.48. The number of nitriles is 1. The van der Waals surface area contributed by atoms with Crippen LogP contribution in [0, 0.1) is 11.3 Å². The summed E-state index contributed by atoms with van der Waals surface area (Å²) in [5, 5.41) is 8.47. The molecule has 50 valence electrons. The Morgan fingerprint density at radius 3 is 2.55 bits per heavy atom. The van der Waals surface area contributed by atoms with Gasteiger partial charge in [-0.3, -0.25) is 0 Å². The van der Waals surface area contributed by atoms with Crippen molar-refractivity contribution >= 4 is 18.3 Å². The summed E-state index contributed by atoms with van der Waals surface area (Å²) in [4.78, 5) is 0.553. The standard InChI is InChI=1S/C7H6N2S.Rb/c8-4-5-3-6(9)1-2-7(5)10;/h1-3,10H,9H2;/q;+1/p-1.